The molecule has 1 spiro atoms. The van der Waals surface area contributed by atoms with Gasteiger partial charge in [0.2, 0.25) is 0 Å². The molecule has 3 aromatic rings. The van der Waals surface area contributed by atoms with Crippen LogP contribution in [0.5, 0.6) is 5.75 Å². The standard InChI is InChI=1S/C22H27N5OS/c1-25-14-20-23-24-21(18-3-5-19(28-2)6-4-18)27(20)22(16-25)8-10-26(11-9-22)13-17-7-12-29-15-17/h3-7,12,15H,8-11,13-14,16H2,1-2H3. The minimum absolute atomic E-state index is 0.0617. The number of aromatic nitrogens is 3. The second-order valence-electron chi connectivity index (χ2n) is 8.31. The average molecular weight is 410 g/mol. The summed E-state index contributed by atoms with van der Waals surface area (Å²) in [5.41, 5.74) is 2.59. The van der Waals surface area contributed by atoms with Crippen LogP contribution in [0.1, 0.15) is 24.2 Å². The van der Waals surface area contributed by atoms with Crippen molar-refractivity contribution in [1.29, 1.82) is 0 Å². The number of thiophene rings is 1. The van der Waals surface area contributed by atoms with Gasteiger partial charge in [0.05, 0.1) is 19.2 Å². The van der Waals surface area contributed by atoms with E-state index in [0.29, 0.717) is 0 Å². The van der Waals surface area contributed by atoms with Crippen molar-refractivity contribution >= 4 is 11.3 Å². The molecule has 1 saturated heterocycles. The number of methoxy groups -OCH3 is 1. The Balaban J connectivity index is 1.44. The Labute approximate surface area is 175 Å². The van der Waals surface area contributed by atoms with E-state index >= 15 is 0 Å². The summed E-state index contributed by atoms with van der Waals surface area (Å²) in [5, 5.41) is 13.6. The topological polar surface area (TPSA) is 46.4 Å². The molecule has 0 aliphatic carbocycles. The quantitative estimate of drug-likeness (QED) is 0.660. The van der Waals surface area contributed by atoms with E-state index in [1.165, 1.54) is 5.56 Å². The van der Waals surface area contributed by atoms with Crippen molar-refractivity contribution in [1.82, 2.24) is 24.6 Å². The molecular formula is C22H27N5OS. The number of rotatable bonds is 4. The lowest BCUT2D eigenvalue weighted by atomic mass is 9.84. The first-order chi connectivity index (χ1) is 14.2. The van der Waals surface area contributed by atoms with Crippen LogP contribution >= 0.6 is 11.3 Å². The lowest BCUT2D eigenvalue weighted by Crippen LogP contribution is -2.55. The summed E-state index contributed by atoms with van der Waals surface area (Å²) >= 11 is 1.78. The molecule has 2 aliphatic rings. The molecule has 5 rings (SSSR count). The lowest BCUT2D eigenvalue weighted by Gasteiger charge is -2.48. The SMILES string of the molecule is COc1ccc(-c2nnc3n2C2(CCN(Cc4ccsc4)CC2)CN(C)C3)cc1. The summed E-state index contributed by atoms with van der Waals surface area (Å²) in [5.74, 6) is 2.93. The van der Waals surface area contributed by atoms with Crippen LogP contribution in [-0.2, 0) is 18.6 Å². The van der Waals surface area contributed by atoms with Crippen molar-refractivity contribution in [2.24, 2.45) is 0 Å². The molecule has 0 saturated carbocycles. The van der Waals surface area contributed by atoms with Crippen molar-refractivity contribution in [3.63, 3.8) is 0 Å². The molecule has 2 aliphatic heterocycles. The molecule has 0 unspecified atom stereocenters. The molecule has 2 aromatic heterocycles. The largest absolute Gasteiger partial charge is 0.497 e. The third-order valence-electron chi connectivity index (χ3n) is 6.30. The van der Waals surface area contributed by atoms with Gasteiger partial charge in [-0.1, -0.05) is 0 Å². The molecule has 1 aromatic carbocycles. The maximum Gasteiger partial charge on any atom is 0.164 e. The zero-order chi connectivity index (χ0) is 19.8. The van der Waals surface area contributed by atoms with Crippen LogP contribution in [-0.4, -0.2) is 58.4 Å². The molecule has 0 N–H and O–H groups in total. The van der Waals surface area contributed by atoms with Crippen molar-refractivity contribution in [3.05, 3.63) is 52.5 Å². The van der Waals surface area contributed by atoms with Crippen LogP contribution in [0, 0.1) is 0 Å². The third kappa shape index (κ3) is 3.47. The maximum absolute atomic E-state index is 5.32. The molecule has 7 heteroatoms. The summed E-state index contributed by atoms with van der Waals surface area (Å²) in [7, 11) is 3.90. The molecule has 6 nitrogen and oxygen atoms in total. The summed E-state index contributed by atoms with van der Waals surface area (Å²) in [4.78, 5) is 4.98. The molecule has 29 heavy (non-hydrogen) atoms. The molecule has 4 heterocycles. The van der Waals surface area contributed by atoms with Gasteiger partial charge < -0.3 is 9.30 Å². The predicted molar refractivity (Wildman–Crippen MR) is 115 cm³/mol. The van der Waals surface area contributed by atoms with E-state index in [9.17, 15) is 0 Å². The number of fused-ring (bicyclic) bond motifs is 2. The van der Waals surface area contributed by atoms with Crippen molar-refractivity contribution in [3.8, 4) is 17.1 Å². The van der Waals surface area contributed by atoms with Crippen LogP contribution in [0.4, 0.5) is 0 Å². The van der Waals surface area contributed by atoms with Gasteiger partial charge in [0, 0.05) is 31.7 Å². The van der Waals surface area contributed by atoms with Gasteiger partial charge in [-0.3, -0.25) is 9.80 Å². The Morgan fingerprint density at radius 1 is 1.10 bits per heavy atom. The Kier molecular flexibility index (Phi) is 4.89. The second kappa shape index (κ2) is 7.55. The maximum atomic E-state index is 5.32. The van der Waals surface area contributed by atoms with E-state index in [1.807, 2.05) is 12.1 Å². The number of hydrogen-bond donors (Lipinski definition) is 0. The van der Waals surface area contributed by atoms with E-state index in [4.69, 9.17) is 4.74 Å². The molecular weight excluding hydrogens is 382 g/mol. The number of nitrogens with zero attached hydrogens (tertiary/aromatic N) is 5. The van der Waals surface area contributed by atoms with E-state index in [-0.39, 0.29) is 5.54 Å². The molecule has 0 atom stereocenters. The first-order valence-corrected chi connectivity index (χ1v) is 11.1. The molecule has 152 valence electrons. The summed E-state index contributed by atoms with van der Waals surface area (Å²) in [6.45, 7) is 5.15. The van der Waals surface area contributed by atoms with Gasteiger partial charge in [-0.15, -0.1) is 10.2 Å². The van der Waals surface area contributed by atoms with Crippen LogP contribution in [0.2, 0.25) is 0 Å². The normalized spacial score (nSPS) is 19.4. The van der Waals surface area contributed by atoms with Gasteiger partial charge in [-0.2, -0.15) is 11.3 Å². The van der Waals surface area contributed by atoms with Gasteiger partial charge in [-0.25, -0.2) is 0 Å². The van der Waals surface area contributed by atoms with E-state index < -0.39 is 0 Å². The van der Waals surface area contributed by atoms with E-state index in [0.717, 1.165) is 68.5 Å². The smallest absolute Gasteiger partial charge is 0.164 e. The zero-order valence-corrected chi connectivity index (χ0v) is 17.9. The first kappa shape index (κ1) is 18.8. The highest BCUT2D eigenvalue weighted by Crippen LogP contribution is 2.39. The Morgan fingerprint density at radius 3 is 2.59 bits per heavy atom. The fourth-order valence-corrected chi connectivity index (χ4v) is 5.52. The Bertz CT molecular complexity index is 958. The molecule has 0 amide bonds. The van der Waals surface area contributed by atoms with Crippen LogP contribution < -0.4 is 4.74 Å². The van der Waals surface area contributed by atoms with E-state index in [1.54, 1.807) is 18.4 Å². The zero-order valence-electron chi connectivity index (χ0n) is 17.0. The predicted octanol–water partition coefficient (Wildman–Crippen LogP) is 3.45. The van der Waals surface area contributed by atoms with Crippen molar-refractivity contribution in [2.75, 3.05) is 33.8 Å². The fraction of sp³-hybridized carbons (Fsp3) is 0.455. The van der Waals surface area contributed by atoms with Gasteiger partial charge in [-0.05, 0) is 66.5 Å². The number of likely N-dealkylation sites (N-methyl/N-ethyl adjacent to an activating group) is 1. The lowest BCUT2D eigenvalue weighted by molar-refractivity contribution is 0.0491. The monoisotopic (exact) mass is 409 g/mol. The van der Waals surface area contributed by atoms with Crippen LogP contribution in [0.15, 0.2) is 41.1 Å². The number of piperidine rings is 1. The Morgan fingerprint density at radius 2 is 1.90 bits per heavy atom. The highest BCUT2D eigenvalue weighted by molar-refractivity contribution is 7.07. The number of ether oxygens (including phenoxy) is 1. The minimum Gasteiger partial charge on any atom is -0.497 e. The first-order valence-electron chi connectivity index (χ1n) is 10.2. The van der Waals surface area contributed by atoms with Crippen LogP contribution in [0.25, 0.3) is 11.4 Å². The Hall–Kier alpha value is -2.22. The molecule has 1 fully saturated rings. The van der Waals surface area contributed by atoms with E-state index in [2.05, 4.69) is 60.6 Å². The van der Waals surface area contributed by atoms with Gasteiger partial charge in [0.15, 0.2) is 5.82 Å². The molecule has 0 radical (unpaired) electrons. The third-order valence-corrected chi connectivity index (χ3v) is 7.03. The van der Waals surface area contributed by atoms with Crippen LogP contribution in [0.3, 0.4) is 0 Å². The minimum atomic E-state index is 0.0617. The average Bonchev–Trinajstić information content (AvgIpc) is 3.40. The fourth-order valence-electron chi connectivity index (χ4n) is 4.86. The van der Waals surface area contributed by atoms with Crippen molar-refractivity contribution in [2.45, 2.75) is 31.5 Å². The van der Waals surface area contributed by atoms with Gasteiger partial charge in [0.1, 0.15) is 11.6 Å². The second-order valence-corrected chi connectivity index (χ2v) is 9.09. The number of benzene rings is 1. The van der Waals surface area contributed by atoms with Crippen molar-refractivity contribution < 1.29 is 4.74 Å². The van der Waals surface area contributed by atoms with Gasteiger partial charge >= 0.3 is 0 Å². The summed E-state index contributed by atoms with van der Waals surface area (Å²) in [6.07, 6.45) is 2.24. The summed E-state index contributed by atoms with van der Waals surface area (Å²) in [6, 6.07) is 10.4. The highest BCUT2D eigenvalue weighted by Gasteiger charge is 2.43. The number of likely N-dealkylation sites (tertiary alicyclic amines) is 1. The summed E-state index contributed by atoms with van der Waals surface area (Å²) < 4.78 is 7.78. The highest BCUT2D eigenvalue weighted by atomic mass is 32.1. The number of hydrogen-bond acceptors (Lipinski definition) is 6. The molecule has 0 bridgehead atoms. The van der Waals surface area contributed by atoms with Gasteiger partial charge in [0.25, 0.3) is 0 Å².